The van der Waals surface area contributed by atoms with E-state index in [1.807, 2.05) is 0 Å². The minimum absolute atomic E-state index is 0.167. The van der Waals surface area contributed by atoms with Crippen molar-refractivity contribution in [3.05, 3.63) is 0 Å². The van der Waals surface area contributed by atoms with E-state index in [0.29, 0.717) is 0 Å². The first-order valence-electron chi connectivity index (χ1n) is 4.28. The summed E-state index contributed by atoms with van der Waals surface area (Å²) in [6.07, 6.45) is 0. The molecule has 12 nitrogen and oxygen atoms in total. The van der Waals surface area contributed by atoms with Gasteiger partial charge in [-0.05, 0) is 34.0 Å². The number of hydrogen-bond donors (Lipinski definition) is 1. The lowest BCUT2D eigenvalue weighted by atomic mass is 10.6. The molecule has 0 saturated heterocycles. The van der Waals surface area contributed by atoms with Crippen LogP contribution in [0.15, 0.2) is 0 Å². The molecule has 1 N–H and O–H groups in total. The van der Waals surface area contributed by atoms with Crippen molar-refractivity contribution in [1.82, 2.24) is 0 Å². The molecule has 116 valence electrons. The van der Waals surface area contributed by atoms with Crippen LogP contribution in [-0.2, 0) is 54.5 Å². The van der Waals surface area contributed by atoms with Crippen LogP contribution in [0, 0.1) is 0 Å². The number of Topliss-reactive ketones (excluding diaryl/α,β-unsaturated/α-hetero) is 1. The maximum Gasteiger partial charge on any atom is 0.342 e. The zero-order chi connectivity index (χ0) is 15.5. The Bertz CT molecular complexity index is 187. The summed E-state index contributed by atoms with van der Waals surface area (Å²) in [6, 6.07) is 0. The number of carbonyl (C=O) groups excluding carboxylic acids is 2. The Hall–Kier alpha value is -1.22. The van der Waals surface area contributed by atoms with Crippen molar-refractivity contribution in [2.24, 2.45) is 0 Å². The topological polar surface area (TPSA) is 137 Å². The lowest BCUT2D eigenvalue weighted by Gasteiger charge is -1.94. The van der Waals surface area contributed by atoms with Gasteiger partial charge >= 0.3 is 5.97 Å². The van der Waals surface area contributed by atoms with Crippen LogP contribution in [0.1, 0.15) is 20.8 Å². The smallest absolute Gasteiger partial charge is 0.300 e. The minimum atomic E-state index is -0.658. The standard InChI is InChI=1S/C3H6O6.C3H6O.CH4O5/c1-3(4)6-8-9-7-5-2;1-3(2)4;1-3-5-6-4-2/h1-2H3;1-2H3;2H,1H3. The van der Waals surface area contributed by atoms with E-state index in [-0.39, 0.29) is 5.78 Å². The maximum absolute atomic E-state index is 9.88. The van der Waals surface area contributed by atoms with E-state index < -0.39 is 5.97 Å². The van der Waals surface area contributed by atoms with E-state index in [1.165, 1.54) is 28.1 Å². The first kappa shape index (κ1) is 22.9. The third-order valence-electron chi connectivity index (χ3n) is 0.401. The van der Waals surface area contributed by atoms with E-state index in [2.05, 4.69) is 44.9 Å². The predicted molar refractivity (Wildman–Crippen MR) is 51.3 cm³/mol. The molecule has 0 aromatic heterocycles. The molecule has 0 aromatic rings. The van der Waals surface area contributed by atoms with Crippen LogP contribution >= 0.6 is 0 Å². The molecule has 0 aromatic carbocycles. The summed E-state index contributed by atoms with van der Waals surface area (Å²) in [6.45, 7) is 4.19. The molecule has 0 spiro atoms. The Morgan fingerprint density at radius 3 is 1.47 bits per heavy atom. The highest BCUT2D eigenvalue weighted by molar-refractivity contribution is 5.72. The van der Waals surface area contributed by atoms with E-state index in [4.69, 9.17) is 5.26 Å². The monoisotopic (exact) mass is 292 g/mol. The highest BCUT2D eigenvalue weighted by atomic mass is 17.8. The Balaban J connectivity index is -0.000000222. The number of hydrogen-bond acceptors (Lipinski definition) is 12. The summed E-state index contributed by atoms with van der Waals surface area (Å²) < 4.78 is 0. The summed E-state index contributed by atoms with van der Waals surface area (Å²) in [7, 11) is 2.39. The summed E-state index contributed by atoms with van der Waals surface area (Å²) in [5.41, 5.74) is 0. The van der Waals surface area contributed by atoms with Gasteiger partial charge in [0.1, 0.15) is 5.78 Å². The largest absolute Gasteiger partial charge is 0.342 e. The SMILES string of the molecule is CC(C)=O.COOOOO.COOOOOC(C)=O. The molecule has 0 aliphatic heterocycles. The average molecular weight is 292 g/mol. The van der Waals surface area contributed by atoms with Gasteiger partial charge in [0.25, 0.3) is 0 Å². The molecule has 0 radical (unpaired) electrons. The summed E-state index contributed by atoms with van der Waals surface area (Å²) in [5.74, 6) is -0.491. The van der Waals surface area contributed by atoms with Gasteiger partial charge in [-0.15, -0.1) is 0 Å². The Morgan fingerprint density at radius 2 is 1.21 bits per heavy atom. The fourth-order valence-electron chi connectivity index (χ4n) is 0.141. The Morgan fingerprint density at radius 1 is 0.789 bits per heavy atom. The second kappa shape index (κ2) is 22.0. The van der Waals surface area contributed by atoms with Crippen LogP contribution in [0.4, 0.5) is 0 Å². The van der Waals surface area contributed by atoms with E-state index in [0.717, 1.165) is 6.92 Å². The van der Waals surface area contributed by atoms with Gasteiger partial charge < -0.3 is 4.79 Å². The minimum Gasteiger partial charge on any atom is -0.300 e. The highest BCUT2D eigenvalue weighted by Gasteiger charge is 1.93. The van der Waals surface area contributed by atoms with E-state index >= 15 is 0 Å². The van der Waals surface area contributed by atoms with Crippen LogP contribution < -0.4 is 0 Å². The van der Waals surface area contributed by atoms with Gasteiger partial charge in [-0.25, -0.2) is 19.8 Å². The predicted octanol–water partition coefficient (Wildman–Crippen LogP) is 0.402. The Kier molecular flexibility index (Phi) is 26.5. The van der Waals surface area contributed by atoms with E-state index in [9.17, 15) is 9.59 Å². The molecule has 0 fully saturated rings. The van der Waals surface area contributed by atoms with Gasteiger partial charge in [0.15, 0.2) is 0 Å². The summed E-state index contributed by atoms with van der Waals surface area (Å²) in [4.78, 5) is 30.8. The van der Waals surface area contributed by atoms with Crippen molar-refractivity contribution in [1.29, 1.82) is 0 Å². The molecule has 19 heavy (non-hydrogen) atoms. The number of carbonyl (C=O) groups is 2. The molecule has 0 atom stereocenters. The van der Waals surface area contributed by atoms with Crippen LogP contribution in [0.5, 0.6) is 0 Å². The summed E-state index contributed by atoms with van der Waals surface area (Å²) in [5, 5.41) is 28.0. The fraction of sp³-hybridized carbons (Fsp3) is 0.714. The molecule has 0 amide bonds. The van der Waals surface area contributed by atoms with Crippen molar-refractivity contribution in [3.63, 3.8) is 0 Å². The van der Waals surface area contributed by atoms with Crippen LogP contribution in [-0.4, -0.2) is 31.2 Å². The van der Waals surface area contributed by atoms with Gasteiger partial charge in [0.2, 0.25) is 0 Å². The van der Waals surface area contributed by atoms with Gasteiger partial charge in [-0.3, -0.25) is 4.89 Å². The van der Waals surface area contributed by atoms with Gasteiger partial charge in [0.05, 0.1) is 14.2 Å². The van der Waals surface area contributed by atoms with Crippen LogP contribution in [0.25, 0.3) is 0 Å². The third kappa shape index (κ3) is 60.6. The summed E-state index contributed by atoms with van der Waals surface area (Å²) >= 11 is 0. The lowest BCUT2D eigenvalue weighted by Crippen LogP contribution is -2.01. The zero-order valence-corrected chi connectivity index (χ0v) is 10.9. The van der Waals surface area contributed by atoms with Gasteiger partial charge in [-0.2, -0.15) is 0 Å². The van der Waals surface area contributed by atoms with Crippen molar-refractivity contribution in [3.8, 4) is 0 Å². The number of rotatable bonds is 7. The van der Waals surface area contributed by atoms with E-state index in [1.54, 1.807) is 0 Å². The molecular formula is C7H16O12. The van der Waals surface area contributed by atoms with Crippen molar-refractivity contribution >= 4 is 11.8 Å². The Labute approximate surface area is 108 Å². The molecule has 0 bridgehead atoms. The molecular weight excluding hydrogens is 276 g/mol. The molecule has 0 heterocycles. The van der Waals surface area contributed by atoms with Crippen LogP contribution in [0.3, 0.4) is 0 Å². The molecule has 0 aliphatic rings. The number of ketones is 1. The van der Waals surface area contributed by atoms with Crippen molar-refractivity contribution in [2.45, 2.75) is 20.8 Å². The van der Waals surface area contributed by atoms with Crippen molar-refractivity contribution in [2.75, 3.05) is 14.2 Å². The maximum atomic E-state index is 9.88. The first-order chi connectivity index (χ1) is 8.92. The quantitative estimate of drug-likeness (QED) is 0.394. The van der Waals surface area contributed by atoms with Gasteiger partial charge in [0, 0.05) is 17.0 Å². The van der Waals surface area contributed by atoms with Crippen LogP contribution in [0.2, 0.25) is 0 Å². The molecule has 12 heteroatoms. The fourth-order valence-corrected chi connectivity index (χ4v) is 0.141. The normalized spacial score (nSPS) is 8.53. The second-order valence-corrected chi connectivity index (χ2v) is 2.23. The lowest BCUT2D eigenvalue weighted by molar-refractivity contribution is -0.698. The highest BCUT2D eigenvalue weighted by Crippen LogP contribution is 1.82. The third-order valence-corrected chi connectivity index (χ3v) is 0.401. The second-order valence-electron chi connectivity index (χ2n) is 2.23. The molecule has 0 aliphatic carbocycles. The first-order valence-corrected chi connectivity index (χ1v) is 4.28. The van der Waals surface area contributed by atoms with Gasteiger partial charge in [-0.1, -0.05) is 0 Å². The average Bonchev–Trinajstić information content (AvgIpc) is 2.32. The van der Waals surface area contributed by atoms with Crippen molar-refractivity contribution < 1.29 is 59.7 Å². The molecule has 0 saturated carbocycles. The molecule has 0 unspecified atom stereocenters. The zero-order valence-electron chi connectivity index (χ0n) is 10.9. The molecule has 0 rings (SSSR count).